The Hall–Kier alpha value is -2.24. The lowest BCUT2D eigenvalue weighted by molar-refractivity contribution is -0.140. The summed E-state index contributed by atoms with van der Waals surface area (Å²) in [6.07, 6.45) is 1.45. The molecule has 0 spiro atoms. The molecule has 0 aromatic heterocycles. The molecule has 0 bridgehead atoms. The molecule has 19 heavy (non-hydrogen) atoms. The normalized spacial score (nSPS) is 13.4. The topological polar surface area (TPSA) is 93.4 Å². The van der Waals surface area contributed by atoms with E-state index in [0.717, 1.165) is 11.3 Å². The van der Waals surface area contributed by atoms with Crippen LogP contribution in [0.5, 0.6) is 0 Å². The van der Waals surface area contributed by atoms with Gasteiger partial charge in [0.2, 0.25) is 5.91 Å². The van der Waals surface area contributed by atoms with Gasteiger partial charge in [-0.15, -0.1) is 0 Å². The second kappa shape index (κ2) is 5.60. The van der Waals surface area contributed by atoms with Gasteiger partial charge in [0, 0.05) is 18.7 Å². The smallest absolute Gasteiger partial charge is 0.307 e. The standard InChI is InChI=1S/C13H17N3O3/c1-19-13(18)4-5-15-11-7-10-8(6-9(11)14)2-3-12(17)16-10/h6-7,15H,2-5,14H2,1H3,(H,16,17). The summed E-state index contributed by atoms with van der Waals surface area (Å²) in [7, 11) is 1.35. The molecule has 0 saturated carbocycles. The van der Waals surface area contributed by atoms with Crippen molar-refractivity contribution in [3.05, 3.63) is 17.7 Å². The van der Waals surface area contributed by atoms with Crippen molar-refractivity contribution in [2.24, 2.45) is 0 Å². The van der Waals surface area contributed by atoms with E-state index < -0.39 is 0 Å². The van der Waals surface area contributed by atoms with E-state index in [-0.39, 0.29) is 18.3 Å². The van der Waals surface area contributed by atoms with Crippen LogP contribution in [0.15, 0.2) is 12.1 Å². The summed E-state index contributed by atoms with van der Waals surface area (Å²) in [6, 6.07) is 3.66. The summed E-state index contributed by atoms with van der Waals surface area (Å²) < 4.78 is 4.56. The summed E-state index contributed by atoms with van der Waals surface area (Å²) in [5.41, 5.74) is 9.08. The predicted octanol–water partition coefficient (Wildman–Crippen LogP) is 1.13. The minimum atomic E-state index is -0.280. The van der Waals surface area contributed by atoms with Crippen LogP contribution in [0.2, 0.25) is 0 Å². The maximum absolute atomic E-state index is 11.3. The summed E-state index contributed by atoms with van der Waals surface area (Å²) >= 11 is 0. The number of carbonyl (C=O) groups excluding carboxylic acids is 2. The monoisotopic (exact) mass is 263 g/mol. The Balaban J connectivity index is 2.07. The highest BCUT2D eigenvalue weighted by molar-refractivity contribution is 5.95. The van der Waals surface area contributed by atoms with Crippen molar-refractivity contribution in [1.82, 2.24) is 0 Å². The highest BCUT2D eigenvalue weighted by Gasteiger charge is 2.16. The number of ether oxygens (including phenoxy) is 1. The van der Waals surface area contributed by atoms with E-state index in [1.807, 2.05) is 6.07 Å². The maximum atomic E-state index is 11.3. The molecule has 6 nitrogen and oxygen atoms in total. The molecule has 102 valence electrons. The molecule has 1 aromatic carbocycles. The lowest BCUT2D eigenvalue weighted by atomic mass is 10.0. The van der Waals surface area contributed by atoms with Crippen LogP contribution in [0.1, 0.15) is 18.4 Å². The fraction of sp³-hybridized carbons (Fsp3) is 0.385. The molecule has 1 aromatic rings. The van der Waals surface area contributed by atoms with Crippen molar-refractivity contribution in [1.29, 1.82) is 0 Å². The number of anilines is 3. The third-order valence-electron chi connectivity index (χ3n) is 3.04. The van der Waals surface area contributed by atoms with Crippen molar-refractivity contribution >= 4 is 28.9 Å². The second-order valence-corrected chi connectivity index (χ2v) is 4.40. The van der Waals surface area contributed by atoms with Crippen molar-refractivity contribution in [2.45, 2.75) is 19.3 Å². The fourth-order valence-corrected chi connectivity index (χ4v) is 2.00. The number of rotatable bonds is 4. The molecule has 6 heteroatoms. The number of aryl methyl sites for hydroxylation is 1. The summed E-state index contributed by atoms with van der Waals surface area (Å²) in [5.74, 6) is -0.268. The summed E-state index contributed by atoms with van der Waals surface area (Å²) in [4.78, 5) is 22.4. The quantitative estimate of drug-likeness (QED) is 0.559. The lowest BCUT2D eigenvalue weighted by Gasteiger charge is -2.19. The van der Waals surface area contributed by atoms with Crippen LogP contribution in [0.3, 0.4) is 0 Å². The largest absolute Gasteiger partial charge is 0.469 e. The van der Waals surface area contributed by atoms with E-state index in [1.165, 1.54) is 7.11 Å². The van der Waals surface area contributed by atoms with Crippen LogP contribution in [0.25, 0.3) is 0 Å². The fourth-order valence-electron chi connectivity index (χ4n) is 2.00. The molecule has 1 aliphatic rings. The number of nitrogens with two attached hydrogens (primary N) is 1. The first-order chi connectivity index (χ1) is 9.10. The van der Waals surface area contributed by atoms with Gasteiger partial charge in [-0.3, -0.25) is 9.59 Å². The molecule has 2 rings (SSSR count). The average Bonchev–Trinajstić information content (AvgIpc) is 2.39. The Morgan fingerprint density at radius 2 is 2.26 bits per heavy atom. The van der Waals surface area contributed by atoms with Crippen LogP contribution < -0.4 is 16.4 Å². The SMILES string of the molecule is COC(=O)CCNc1cc2c(cc1N)CCC(=O)N2. The Morgan fingerprint density at radius 3 is 3.00 bits per heavy atom. The summed E-state index contributed by atoms with van der Waals surface area (Å²) in [5, 5.41) is 5.88. The first-order valence-electron chi connectivity index (χ1n) is 6.13. The number of benzene rings is 1. The molecule has 1 aliphatic heterocycles. The van der Waals surface area contributed by atoms with Gasteiger partial charge in [0.05, 0.1) is 24.9 Å². The first-order valence-corrected chi connectivity index (χ1v) is 6.13. The van der Waals surface area contributed by atoms with E-state index in [2.05, 4.69) is 15.4 Å². The van der Waals surface area contributed by atoms with Gasteiger partial charge in [-0.05, 0) is 24.1 Å². The van der Waals surface area contributed by atoms with Crippen LogP contribution >= 0.6 is 0 Å². The minimum Gasteiger partial charge on any atom is -0.469 e. The van der Waals surface area contributed by atoms with Crippen LogP contribution in [-0.2, 0) is 20.7 Å². The van der Waals surface area contributed by atoms with E-state index >= 15 is 0 Å². The number of methoxy groups -OCH3 is 1. The number of hydrogen-bond donors (Lipinski definition) is 3. The van der Waals surface area contributed by atoms with E-state index in [4.69, 9.17) is 5.73 Å². The molecule has 0 saturated heterocycles. The Bertz CT molecular complexity index is 514. The number of nitrogen functional groups attached to an aromatic ring is 1. The van der Waals surface area contributed by atoms with E-state index in [0.29, 0.717) is 30.8 Å². The van der Waals surface area contributed by atoms with Crippen molar-refractivity contribution in [3.8, 4) is 0 Å². The molecule has 1 heterocycles. The molecule has 0 fully saturated rings. The molecular formula is C13H17N3O3. The molecule has 1 amide bonds. The van der Waals surface area contributed by atoms with Gasteiger partial charge in [-0.1, -0.05) is 0 Å². The average molecular weight is 263 g/mol. The molecule has 4 N–H and O–H groups in total. The van der Waals surface area contributed by atoms with Crippen molar-refractivity contribution in [3.63, 3.8) is 0 Å². The number of hydrogen-bond acceptors (Lipinski definition) is 5. The van der Waals surface area contributed by atoms with Crippen LogP contribution in [0, 0.1) is 0 Å². The third kappa shape index (κ3) is 3.15. The molecule has 0 radical (unpaired) electrons. The Kier molecular flexibility index (Phi) is 3.89. The zero-order valence-electron chi connectivity index (χ0n) is 10.8. The Morgan fingerprint density at radius 1 is 1.47 bits per heavy atom. The van der Waals surface area contributed by atoms with E-state index in [1.54, 1.807) is 6.07 Å². The maximum Gasteiger partial charge on any atom is 0.307 e. The number of esters is 1. The highest BCUT2D eigenvalue weighted by Crippen LogP contribution is 2.30. The number of carbonyl (C=O) groups is 2. The molecule has 0 atom stereocenters. The third-order valence-corrected chi connectivity index (χ3v) is 3.04. The summed E-state index contributed by atoms with van der Waals surface area (Å²) in [6.45, 7) is 0.434. The van der Waals surface area contributed by atoms with E-state index in [9.17, 15) is 9.59 Å². The van der Waals surface area contributed by atoms with Gasteiger partial charge in [0.15, 0.2) is 0 Å². The minimum absolute atomic E-state index is 0.0118. The van der Waals surface area contributed by atoms with Gasteiger partial charge in [-0.2, -0.15) is 0 Å². The molecule has 0 aliphatic carbocycles. The van der Waals surface area contributed by atoms with Crippen molar-refractivity contribution in [2.75, 3.05) is 30.0 Å². The van der Waals surface area contributed by atoms with Gasteiger partial charge in [-0.25, -0.2) is 0 Å². The highest BCUT2D eigenvalue weighted by atomic mass is 16.5. The van der Waals surface area contributed by atoms with Crippen molar-refractivity contribution < 1.29 is 14.3 Å². The first kappa shape index (κ1) is 13.2. The number of amides is 1. The molecular weight excluding hydrogens is 246 g/mol. The Labute approximate surface area is 111 Å². The zero-order chi connectivity index (χ0) is 13.8. The number of nitrogens with one attached hydrogen (secondary N) is 2. The van der Waals surface area contributed by atoms with Crippen LogP contribution in [0.4, 0.5) is 17.1 Å². The van der Waals surface area contributed by atoms with Gasteiger partial charge in [0.1, 0.15) is 0 Å². The second-order valence-electron chi connectivity index (χ2n) is 4.40. The number of fused-ring (bicyclic) bond motifs is 1. The lowest BCUT2D eigenvalue weighted by Crippen LogP contribution is -2.19. The van der Waals surface area contributed by atoms with Gasteiger partial charge >= 0.3 is 5.97 Å². The molecule has 0 unspecified atom stereocenters. The van der Waals surface area contributed by atoms with Gasteiger partial charge < -0.3 is 21.1 Å². The zero-order valence-corrected chi connectivity index (χ0v) is 10.8. The predicted molar refractivity (Wildman–Crippen MR) is 72.9 cm³/mol. The van der Waals surface area contributed by atoms with Gasteiger partial charge in [0.25, 0.3) is 0 Å². The van der Waals surface area contributed by atoms with Crippen LogP contribution in [-0.4, -0.2) is 25.5 Å².